The number of carbonyl (C=O) groups is 2. The maximum atomic E-state index is 12.3. The second-order valence-electron chi connectivity index (χ2n) is 6.03. The molecule has 0 bridgehead atoms. The van der Waals surface area contributed by atoms with Crippen LogP contribution in [0.5, 0.6) is 5.75 Å². The molecule has 1 heterocycles. The molecule has 0 unspecified atom stereocenters. The average molecular weight is 339 g/mol. The van der Waals surface area contributed by atoms with Gasteiger partial charge in [0.05, 0.1) is 12.7 Å². The summed E-state index contributed by atoms with van der Waals surface area (Å²) < 4.78 is 11.0. The number of ketones is 1. The Morgan fingerprint density at radius 2 is 1.76 bits per heavy atom. The summed E-state index contributed by atoms with van der Waals surface area (Å²) >= 11 is 0. The summed E-state index contributed by atoms with van der Waals surface area (Å²) in [6, 6.07) is 16.0. The average Bonchev–Trinajstić information content (AvgIpc) is 2.66. The Balaban J connectivity index is 1.56. The van der Waals surface area contributed by atoms with Crippen LogP contribution < -0.4 is 4.74 Å². The van der Waals surface area contributed by atoms with E-state index in [-0.39, 0.29) is 24.4 Å². The lowest BCUT2D eigenvalue weighted by Gasteiger charge is -2.31. The van der Waals surface area contributed by atoms with E-state index < -0.39 is 0 Å². The van der Waals surface area contributed by atoms with Crippen molar-refractivity contribution in [3.63, 3.8) is 0 Å². The van der Waals surface area contributed by atoms with Crippen molar-refractivity contribution in [1.29, 1.82) is 0 Å². The van der Waals surface area contributed by atoms with Gasteiger partial charge in [0.25, 0.3) is 5.91 Å². The molecular formula is C20H21NO4. The zero-order chi connectivity index (χ0) is 17.6. The molecule has 0 saturated carbocycles. The van der Waals surface area contributed by atoms with Gasteiger partial charge in [-0.15, -0.1) is 0 Å². The molecule has 2 aromatic carbocycles. The lowest BCUT2D eigenvalue weighted by molar-refractivity contribution is -0.140. The van der Waals surface area contributed by atoms with Crippen LogP contribution in [0.25, 0.3) is 0 Å². The Hall–Kier alpha value is -2.66. The molecule has 1 aliphatic rings. The molecule has 1 aliphatic heterocycles. The first-order valence-electron chi connectivity index (χ1n) is 8.35. The minimum atomic E-state index is -0.0559. The van der Waals surface area contributed by atoms with Crippen LogP contribution in [0.2, 0.25) is 0 Å². The van der Waals surface area contributed by atoms with Gasteiger partial charge in [0, 0.05) is 24.2 Å². The molecule has 3 rings (SSSR count). The van der Waals surface area contributed by atoms with Crippen LogP contribution in [0.1, 0.15) is 22.8 Å². The van der Waals surface area contributed by atoms with Crippen LogP contribution in [0.4, 0.5) is 0 Å². The maximum Gasteiger partial charge on any atom is 0.260 e. The van der Waals surface area contributed by atoms with Crippen molar-refractivity contribution in [1.82, 2.24) is 4.90 Å². The highest BCUT2D eigenvalue weighted by Crippen LogP contribution is 2.16. The van der Waals surface area contributed by atoms with Crippen LogP contribution in [0.3, 0.4) is 0 Å². The first kappa shape index (κ1) is 17.2. The summed E-state index contributed by atoms with van der Waals surface area (Å²) in [5.41, 5.74) is 1.24. The second kappa shape index (κ2) is 7.94. The van der Waals surface area contributed by atoms with Crippen LogP contribution in [-0.2, 0) is 9.53 Å². The molecule has 0 aromatic heterocycles. The van der Waals surface area contributed by atoms with Crippen LogP contribution in [0, 0.1) is 0 Å². The summed E-state index contributed by atoms with van der Waals surface area (Å²) in [5, 5.41) is 0. The number of benzene rings is 2. The molecule has 1 saturated heterocycles. The van der Waals surface area contributed by atoms with Crippen molar-refractivity contribution >= 4 is 11.7 Å². The van der Waals surface area contributed by atoms with Crippen molar-refractivity contribution in [3.8, 4) is 5.75 Å². The quantitative estimate of drug-likeness (QED) is 0.786. The molecule has 1 atom stereocenters. The number of ether oxygens (including phenoxy) is 2. The van der Waals surface area contributed by atoms with Gasteiger partial charge in [-0.1, -0.05) is 30.3 Å². The summed E-state index contributed by atoms with van der Waals surface area (Å²) in [4.78, 5) is 26.3. The van der Waals surface area contributed by atoms with Gasteiger partial charge < -0.3 is 14.4 Å². The molecule has 2 aromatic rings. The van der Waals surface area contributed by atoms with Gasteiger partial charge in [-0.2, -0.15) is 0 Å². The van der Waals surface area contributed by atoms with Crippen LogP contribution in [0.15, 0.2) is 54.6 Å². The first-order valence-corrected chi connectivity index (χ1v) is 8.35. The third kappa shape index (κ3) is 4.45. The third-order valence-corrected chi connectivity index (χ3v) is 4.11. The summed E-state index contributed by atoms with van der Waals surface area (Å²) in [5.74, 6) is 0.476. The van der Waals surface area contributed by atoms with Crippen LogP contribution in [-0.4, -0.2) is 49.0 Å². The molecule has 0 N–H and O–H groups in total. The molecule has 5 nitrogen and oxygen atoms in total. The zero-order valence-electron chi connectivity index (χ0n) is 14.2. The van der Waals surface area contributed by atoms with Gasteiger partial charge in [-0.05, 0) is 31.2 Å². The number of hydrogen-bond donors (Lipinski definition) is 0. The fraction of sp³-hybridized carbons (Fsp3) is 0.300. The van der Waals surface area contributed by atoms with E-state index in [1.165, 1.54) is 0 Å². The van der Waals surface area contributed by atoms with Crippen molar-refractivity contribution in [2.75, 3.05) is 26.3 Å². The van der Waals surface area contributed by atoms with Crippen molar-refractivity contribution in [2.24, 2.45) is 0 Å². The Bertz CT molecular complexity index is 727. The molecule has 0 spiro atoms. The van der Waals surface area contributed by atoms with E-state index in [1.54, 1.807) is 41.3 Å². The fourth-order valence-electron chi connectivity index (χ4n) is 2.74. The number of hydrogen-bond acceptors (Lipinski definition) is 4. The van der Waals surface area contributed by atoms with E-state index >= 15 is 0 Å². The maximum absolute atomic E-state index is 12.3. The fourth-order valence-corrected chi connectivity index (χ4v) is 2.74. The van der Waals surface area contributed by atoms with Crippen LogP contribution >= 0.6 is 0 Å². The Kier molecular flexibility index (Phi) is 5.46. The smallest absolute Gasteiger partial charge is 0.260 e. The first-order chi connectivity index (χ1) is 12.1. The monoisotopic (exact) mass is 339 g/mol. The van der Waals surface area contributed by atoms with Gasteiger partial charge in [0.1, 0.15) is 5.75 Å². The topological polar surface area (TPSA) is 55.8 Å². The van der Waals surface area contributed by atoms with E-state index in [9.17, 15) is 9.59 Å². The lowest BCUT2D eigenvalue weighted by Crippen LogP contribution is -2.46. The molecule has 1 fully saturated rings. The molecule has 0 aliphatic carbocycles. The van der Waals surface area contributed by atoms with Gasteiger partial charge in [-0.25, -0.2) is 0 Å². The predicted molar refractivity (Wildman–Crippen MR) is 93.8 cm³/mol. The van der Waals surface area contributed by atoms with Crippen molar-refractivity contribution < 1.29 is 19.1 Å². The standard InChI is InChI=1S/C20H21NO4/c1-15-13-21(11-12-24-15)19(22)14-25-18-9-7-17(8-10-18)20(23)16-5-3-2-4-6-16/h2-10,15H,11-14H2,1H3/t15-/m1/s1. The van der Waals surface area contributed by atoms with E-state index in [0.717, 1.165) is 0 Å². The third-order valence-electron chi connectivity index (χ3n) is 4.11. The summed E-state index contributed by atoms with van der Waals surface area (Å²) in [6.45, 7) is 3.68. The summed E-state index contributed by atoms with van der Waals surface area (Å²) in [7, 11) is 0. The molecule has 5 heteroatoms. The normalized spacial score (nSPS) is 17.2. The van der Waals surface area contributed by atoms with Gasteiger partial charge in [-0.3, -0.25) is 9.59 Å². The van der Waals surface area contributed by atoms with Gasteiger partial charge in [0.15, 0.2) is 12.4 Å². The van der Waals surface area contributed by atoms with Gasteiger partial charge >= 0.3 is 0 Å². The minimum Gasteiger partial charge on any atom is -0.484 e. The highest BCUT2D eigenvalue weighted by Gasteiger charge is 2.21. The van der Waals surface area contributed by atoms with E-state index in [0.29, 0.717) is 36.6 Å². The molecular weight excluding hydrogens is 318 g/mol. The zero-order valence-corrected chi connectivity index (χ0v) is 14.2. The Morgan fingerprint density at radius 1 is 1.08 bits per heavy atom. The second-order valence-corrected chi connectivity index (χ2v) is 6.03. The predicted octanol–water partition coefficient (Wildman–Crippen LogP) is 2.54. The number of nitrogens with zero attached hydrogens (tertiary/aromatic N) is 1. The highest BCUT2D eigenvalue weighted by molar-refractivity contribution is 6.08. The SMILES string of the molecule is C[C@@H]1CN(C(=O)COc2ccc(C(=O)c3ccccc3)cc2)CCO1. The van der Waals surface area contributed by atoms with Crippen molar-refractivity contribution in [2.45, 2.75) is 13.0 Å². The molecule has 1 amide bonds. The van der Waals surface area contributed by atoms with E-state index in [1.807, 2.05) is 25.1 Å². The number of amides is 1. The molecule has 25 heavy (non-hydrogen) atoms. The minimum absolute atomic E-state index is 0.0152. The molecule has 130 valence electrons. The summed E-state index contributed by atoms with van der Waals surface area (Å²) in [6.07, 6.45) is 0.0565. The Labute approximate surface area is 147 Å². The van der Waals surface area contributed by atoms with E-state index in [4.69, 9.17) is 9.47 Å². The number of morpholine rings is 1. The van der Waals surface area contributed by atoms with E-state index in [2.05, 4.69) is 0 Å². The largest absolute Gasteiger partial charge is 0.484 e. The van der Waals surface area contributed by atoms with Gasteiger partial charge in [0.2, 0.25) is 0 Å². The van der Waals surface area contributed by atoms with Crippen molar-refractivity contribution in [3.05, 3.63) is 65.7 Å². The Morgan fingerprint density at radius 3 is 2.44 bits per heavy atom. The number of carbonyl (C=O) groups excluding carboxylic acids is 2. The molecule has 0 radical (unpaired) electrons. The highest BCUT2D eigenvalue weighted by atomic mass is 16.5. The number of rotatable bonds is 5. The lowest BCUT2D eigenvalue weighted by atomic mass is 10.0.